The van der Waals surface area contributed by atoms with Gasteiger partial charge < -0.3 is 0 Å². The highest BCUT2D eigenvalue weighted by Gasteiger charge is 2.36. The van der Waals surface area contributed by atoms with Gasteiger partial charge in [-0.25, -0.2) is 27.2 Å². The molecule has 0 bridgehead atoms. The van der Waals surface area contributed by atoms with Crippen LogP contribution in [0.15, 0.2) is 83.0 Å². The van der Waals surface area contributed by atoms with E-state index in [1.807, 2.05) is 43.3 Å². The molecule has 0 spiro atoms. The number of para-hydroxylation sites is 1. The van der Waals surface area contributed by atoms with Crippen molar-refractivity contribution < 1.29 is 17.2 Å². The van der Waals surface area contributed by atoms with Crippen LogP contribution in [0.4, 0.5) is 14.5 Å². The zero-order chi connectivity index (χ0) is 23.9. The fourth-order valence-corrected chi connectivity index (χ4v) is 6.07. The lowest BCUT2D eigenvalue weighted by Gasteiger charge is -2.31. The minimum atomic E-state index is -3.89. The Bertz CT molecular complexity index is 1490. The lowest BCUT2D eigenvalue weighted by atomic mass is 10.1. The standard InChI is InChI=1S/C25H19F2N3O2S2/c1-16-6-8-17(9-7-16)14-30-22-5-3-2-4-19(22)24-23(34(30,31)32)13-28-25(29-24)33-15-18-10-11-20(26)21(27)12-18/h2-13H,14-15H2,1H3. The van der Waals surface area contributed by atoms with Crippen LogP contribution in [0.2, 0.25) is 0 Å². The maximum Gasteiger partial charge on any atom is 0.268 e. The highest BCUT2D eigenvalue weighted by atomic mass is 32.2. The molecule has 2 heterocycles. The van der Waals surface area contributed by atoms with Crippen LogP contribution in [0, 0.1) is 18.6 Å². The van der Waals surface area contributed by atoms with Crippen LogP contribution < -0.4 is 4.31 Å². The molecule has 5 nitrogen and oxygen atoms in total. The van der Waals surface area contributed by atoms with Gasteiger partial charge in [0, 0.05) is 11.3 Å². The van der Waals surface area contributed by atoms with Gasteiger partial charge >= 0.3 is 0 Å². The molecule has 172 valence electrons. The second-order valence-electron chi connectivity index (χ2n) is 7.92. The molecular formula is C25H19F2N3O2S2. The van der Waals surface area contributed by atoms with E-state index < -0.39 is 21.7 Å². The Morgan fingerprint density at radius 1 is 0.941 bits per heavy atom. The number of rotatable bonds is 5. The highest BCUT2D eigenvalue weighted by molar-refractivity contribution is 7.98. The van der Waals surface area contributed by atoms with Crippen LogP contribution in [0.25, 0.3) is 11.3 Å². The van der Waals surface area contributed by atoms with E-state index in [1.54, 1.807) is 12.1 Å². The number of hydrogen-bond donors (Lipinski definition) is 0. The first-order chi connectivity index (χ1) is 16.3. The topological polar surface area (TPSA) is 63.2 Å². The van der Waals surface area contributed by atoms with Gasteiger partial charge in [0.15, 0.2) is 16.8 Å². The average molecular weight is 496 g/mol. The molecular weight excluding hydrogens is 476 g/mol. The Morgan fingerprint density at radius 2 is 1.68 bits per heavy atom. The number of benzene rings is 3. The molecule has 0 unspecified atom stereocenters. The van der Waals surface area contributed by atoms with Crippen LogP contribution in [0.5, 0.6) is 0 Å². The van der Waals surface area contributed by atoms with Crippen molar-refractivity contribution in [1.82, 2.24) is 9.97 Å². The number of aryl methyl sites for hydroxylation is 1. The lowest BCUT2D eigenvalue weighted by molar-refractivity contribution is 0.507. The summed E-state index contributed by atoms with van der Waals surface area (Å²) in [6, 6.07) is 18.6. The van der Waals surface area contributed by atoms with E-state index in [2.05, 4.69) is 9.97 Å². The Labute approximate surface area is 200 Å². The smallest absolute Gasteiger partial charge is 0.261 e. The van der Waals surface area contributed by atoms with Gasteiger partial charge in [-0.05, 0) is 36.2 Å². The molecule has 1 aliphatic heterocycles. The minimum Gasteiger partial charge on any atom is -0.261 e. The van der Waals surface area contributed by atoms with E-state index in [4.69, 9.17) is 0 Å². The van der Waals surface area contributed by atoms with Crippen LogP contribution in [0.1, 0.15) is 16.7 Å². The maximum absolute atomic E-state index is 13.6. The van der Waals surface area contributed by atoms with E-state index >= 15 is 0 Å². The zero-order valence-electron chi connectivity index (χ0n) is 18.1. The molecule has 5 rings (SSSR count). The second-order valence-corrected chi connectivity index (χ2v) is 10.7. The largest absolute Gasteiger partial charge is 0.268 e. The van der Waals surface area contributed by atoms with Gasteiger partial charge in [0.05, 0.1) is 24.1 Å². The molecule has 0 amide bonds. The number of sulfonamides is 1. The molecule has 3 aromatic carbocycles. The summed E-state index contributed by atoms with van der Waals surface area (Å²) < 4.78 is 55.2. The number of aromatic nitrogens is 2. The number of hydrogen-bond acceptors (Lipinski definition) is 5. The normalized spacial score (nSPS) is 13.9. The molecule has 34 heavy (non-hydrogen) atoms. The third kappa shape index (κ3) is 4.17. The molecule has 0 saturated heterocycles. The Kier molecular flexibility index (Phi) is 5.83. The van der Waals surface area contributed by atoms with Crippen molar-refractivity contribution >= 4 is 27.5 Å². The summed E-state index contributed by atoms with van der Waals surface area (Å²) in [5, 5.41) is 0.348. The van der Waals surface area contributed by atoms with Crippen molar-refractivity contribution in [2.24, 2.45) is 0 Å². The summed E-state index contributed by atoms with van der Waals surface area (Å²) in [5.74, 6) is -1.52. The van der Waals surface area contributed by atoms with E-state index in [0.717, 1.165) is 23.3 Å². The molecule has 1 aromatic heterocycles. The molecule has 9 heteroatoms. The fourth-order valence-electron chi connectivity index (χ4n) is 3.75. The summed E-state index contributed by atoms with van der Waals surface area (Å²) in [4.78, 5) is 8.82. The quantitative estimate of drug-likeness (QED) is 0.261. The average Bonchev–Trinajstić information content (AvgIpc) is 2.83. The van der Waals surface area contributed by atoms with Gasteiger partial charge in [0.1, 0.15) is 4.90 Å². The first-order valence-corrected chi connectivity index (χ1v) is 12.9. The van der Waals surface area contributed by atoms with Gasteiger partial charge in [-0.1, -0.05) is 65.9 Å². The number of halogens is 2. The third-order valence-corrected chi connectivity index (χ3v) is 8.22. The summed E-state index contributed by atoms with van der Waals surface area (Å²) in [6.45, 7) is 2.16. The van der Waals surface area contributed by atoms with E-state index in [9.17, 15) is 17.2 Å². The van der Waals surface area contributed by atoms with E-state index in [-0.39, 0.29) is 11.4 Å². The van der Waals surface area contributed by atoms with Gasteiger partial charge in [0.25, 0.3) is 10.0 Å². The molecule has 0 N–H and O–H groups in total. The minimum absolute atomic E-state index is 0.0375. The van der Waals surface area contributed by atoms with Crippen LogP contribution >= 0.6 is 11.8 Å². The van der Waals surface area contributed by atoms with Crippen molar-refractivity contribution in [3.8, 4) is 11.3 Å². The van der Waals surface area contributed by atoms with E-state index in [0.29, 0.717) is 33.4 Å². The predicted octanol–water partition coefficient (Wildman–Crippen LogP) is 5.73. The number of thioether (sulfide) groups is 1. The van der Waals surface area contributed by atoms with Crippen molar-refractivity contribution in [2.45, 2.75) is 29.3 Å². The van der Waals surface area contributed by atoms with Crippen molar-refractivity contribution in [3.05, 3.63) is 101 Å². The molecule has 0 saturated carbocycles. The van der Waals surface area contributed by atoms with Crippen LogP contribution in [-0.4, -0.2) is 18.4 Å². The molecule has 0 atom stereocenters. The van der Waals surface area contributed by atoms with Gasteiger partial charge in [0.2, 0.25) is 0 Å². The summed E-state index contributed by atoms with van der Waals surface area (Å²) in [6.07, 6.45) is 1.32. The number of nitrogens with zero attached hydrogens (tertiary/aromatic N) is 3. The Hall–Kier alpha value is -3.30. The summed E-state index contributed by atoms with van der Waals surface area (Å²) in [7, 11) is -3.89. The van der Waals surface area contributed by atoms with Crippen molar-refractivity contribution in [2.75, 3.05) is 4.31 Å². The molecule has 1 aliphatic rings. The molecule has 4 aromatic rings. The predicted molar refractivity (Wildman–Crippen MR) is 128 cm³/mol. The van der Waals surface area contributed by atoms with Gasteiger partial charge in [-0.2, -0.15) is 0 Å². The van der Waals surface area contributed by atoms with Gasteiger partial charge in [-0.15, -0.1) is 0 Å². The first-order valence-electron chi connectivity index (χ1n) is 10.4. The van der Waals surface area contributed by atoms with Crippen LogP contribution in [0.3, 0.4) is 0 Å². The van der Waals surface area contributed by atoms with Crippen molar-refractivity contribution in [3.63, 3.8) is 0 Å². The first kappa shape index (κ1) is 22.5. The van der Waals surface area contributed by atoms with Gasteiger partial charge in [-0.3, -0.25) is 4.31 Å². The molecule has 0 aliphatic carbocycles. The number of anilines is 1. The van der Waals surface area contributed by atoms with Crippen LogP contribution in [-0.2, 0) is 22.3 Å². The fraction of sp³-hybridized carbons (Fsp3) is 0.120. The highest BCUT2D eigenvalue weighted by Crippen LogP contribution is 2.43. The summed E-state index contributed by atoms with van der Waals surface area (Å²) >= 11 is 1.22. The maximum atomic E-state index is 13.6. The van der Waals surface area contributed by atoms with Crippen molar-refractivity contribution in [1.29, 1.82) is 0 Å². The third-order valence-electron chi connectivity index (χ3n) is 5.53. The van der Waals surface area contributed by atoms with E-state index in [1.165, 1.54) is 28.3 Å². The lowest BCUT2D eigenvalue weighted by Crippen LogP contribution is -2.34. The monoisotopic (exact) mass is 495 g/mol. The summed E-state index contributed by atoms with van der Waals surface area (Å²) in [5.41, 5.74) is 4.10. The molecule has 0 radical (unpaired) electrons. The Balaban J connectivity index is 1.50. The number of fused-ring (bicyclic) bond motifs is 3. The Morgan fingerprint density at radius 3 is 2.44 bits per heavy atom. The second kappa shape index (κ2) is 8.81. The molecule has 0 fully saturated rings. The zero-order valence-corrected chi connectivity index (χ0v) is 19.7. The SMILES string of the molecule is Cc1ccc(CN2c3ccccc3-c3nc(SCc4ccc(F)c(F)c4)ncc3S2(=O)=O)cc1.